The van der Waals surface area contributed by atoms with Crippen molar-refractivity contribution in [2.24, 2.45) is 0 Å². The van der Waals surface area contributed by atoms with Gasteiger partial charge in [-0.05, 0) is 30.4 Å². The molecule has 1 N–H and O–H groups in total. The smallest absolute Gasteiger partial charge is 0.334 e. The average molecular weight is 261 g/mol. The van der Waals surface area contributed by atoms with Crippen molar-refractivity contribution < 1.29 is 14.6 Å². The van der Waals surface area contributed by atoms with Gasteiger partial charge in [0.25, 0.3) is 0 Å². The monoisotopic (exact) mass is 261 g/mol. The highest BCUT2D eigenvalue weighted by molar-refractivity contribution is 5.83. The summed E-state index contributed by atoms with van der Waals surface area (Å²) in [6.45, 7) is 4.64. The maximum Gasteiger partial charge on any atom is 0.334 e. The first-order chi connectivity index (χ1) is 9.17. The van der Waals surface area contributed by atoms with Gasteiger partial charge < -0.3 is 14.4 Å². The van der Waals surface area contributed by atoms with Gasteiger partial charge in [-0.3, -0.25) is 0 Å². The lowest BCUT2D eigenvalue weighted by atomic mass is 10.1. The highest BCUT2D eigenvalue weighted by atomic mass is 16.5. The van der Waals surface area contributed by atoms with E-state index in [2.05, 4.69) is 13.0 Å². The number of rotatable bonds is 6. The minimum Gasteiger partial charge on any atom is -0.479 e. The zero-order valence-corrected chi connectivity index (χ0v) is 11.3. The van der Waals surface area contributed by atoms with Crippen LogP contribution in [-0.4, -0.2) is 28.4 Å². The zero-order chi connectivity index (χ0) is 13.8. The van der Waals surface area contributed by atoms with Crippen LogP contribution in [0, 0.1) is 0 Å². The number of carboxylic acids is 1. The molecule has 4 heteroatoms. The Kier molecular flexibility index (Phi) is 4.22. The Morgan fingerprint density at radius 2 is 2.16 bits per heavy atom. The third-order valence-electron chi connectivity index (χ3n) is 3.26. The lowest BCUT2D eigenvalue weighted by Crippen LogP contribution is -2.28. The molecule has 2 rings (SSSR count). The summed E-state index contributed by atoms with van der Waals surface area (Å²) in [6.07, 6.45) is 2.05. The number of benzene rings is 1. The molecule has 1 aromatic carbocycles. The second-order valence-electron chi connectivity index (χ2n) is 4.46. The summed E-state index contributed by atoms with van der Waals surface area (Å²) in [5.41, 5.74) is 2.33. The van der Waals surface area contributed by atoms with E-state index in [0.29, 0.717) is 13.2 Å². The number of carboxylic acid groups (broad SMARTS) is 1. The molecular formula is C15H19NO3. The Morgan fingerprint density at radius 1 is 1.37 bits per heavy atom. The second-order valence-corrected chi connectivity index (χ2v) is 4.46. The number of para-hydroxylation sites is 1. The normalized spacial score (nSPS) is 12.7. The number of hydrogen-bond acceptors (Lipinski definition) is 2. The second kappa shape index (κ2) is 5.89. The zero-order valence-electron chi connectivity index (χ0n) is 11.3. The van der Waals surface area contributed by atoms with Gasteiger partial charge in [0.1, 0.15) is 0 Å². The number of aromatic nitrogens is 1. The molecule has 0 fully saturated rings. The average Bonchev–Trinajstić information content (AvgIpc) is 2.81. The summed E-state index contributed by atoms with van der Waals surface area (Å²) in [5.74, 6) is -0.919. The van der Waals surface area contributed by atoms with Crippen molar-refractivity contribution in [2.45, 2.75) is 32.9 Å². The standard InChI is InChI=1S/C15H19NO3/c1-3-11-6-5-7-12-8-9-16(14(11)12)10-13(15(17)18)19-4-2/h5-9,13H,3-4,10H2,1-2H3,(H,17,18). The molecule has 1 unspecified atom stereocenters. The molecule has 0 amide bonds. The molecule has 0 aliphatic carbocycles. The van der Waals surface area contributed by atoms with Crippen molar-refractivity contribution in [3.05, 3.63) is 36.0 Å². The molecule has 0 aliphatic heterocycles. The summed E-state index contributed by atoms with van der Waals surface area (Å²) in [4.78, 5) is 11.2. The minimum atomic E-state index is -0.919. The molecule has 102 valence electrons. The molecule has 4 nitrogen and oxygen atoms in total. The van der Waals surface area contributed by atoms with Gasteiger partial charge in [-0.15, -0.1) is 0 Å². The van der Waals surface area contributed by atoms with E-state index in [0.717, 1.165) is 17.3 Å². The van der Waals surface area contributed by atoms with Gasteiger partial charge in [-0.2, -0.15) is 0 Å². The van der Waals surface area contributed by atoms with Crippen molar-refractivity contribution in [3.8, 4) is 0 Å². The molecule has 0 spiro atoms. The molecule has 0 bridgehead atoms. The number of nitrogens with zero attached hydrogens (tertiary/aromatic N) is 1. The predicted octanol–water partition coefficient (Wildman–Crippen LogP) is 2.69. The maximum absolute atomic E-state index is 11.2. The summed E-state index contributed by atoms with van der Waals surface area (Å²) in [6, 6.07) is 8.17. The number of aryl methyl sites for hydroxylation is 1. The van der Waals surface area contributed by atoms with Crippen molar-refractivity contribution >= 4 is 16.9 Å². The highest BCUT2D eigenvalue weighted by Gasteiger charge is 2.19. The quantitative estimate of drug-likeness (QED) is 0.869. The van der Waals surface area contributed by atoms with Crippen LogP contribution in [0.4, 0.5) is 0 Å². The van der Waals surface area contributed by atoms with E-state index in [9.17, 15) is 4.79 Å². The van der Waals surface area contributed by atoms with Crippen LogP contribution in [0.1, 0.15) is 19.4 Å². The van der Waals surface area contributed by atoms with E-state index in [1.165, 1.54) is 5.56 Å². The van der Waals surface area contributed by atoms with Crippen molar-refractivity contribution in [1.82, 2.24) is 4.57 Å². The van der Waals surface area contributed by atoms with Gasteiger partial charge in [-0.1, -0.05) is 25.1 Å². The minimum absolute atomic E-state index is 0.337. The first-order valence-corrected chi connectivity index (χ1v) is 6.58. The lowest BCUT2D eigenvalue weighted by molar-refractivity contribution is -0.150. The molecule has 1 heterocycles. The Bertz CT molecular complexity index is 574. The largest absolute Gasteiger partial charge is 0.479 e. The molecular weight excluding hydrogens is 242 g/mol. The van der Waals surface area contributed by atoms with Crippen LogP contribution in [0.2, 0.25) is 0 Å². The topological polar surface area (TPSA) is 51.5 Å². The SMILES string of the molecule is CCOC(Cn1ccc2cccc(CC)c21)C(=O)O. The fourth-order valence-corrected chi connectivity index (χ4v) is 2.36. The molecule has 19 heavy (non-hydrogen) atoms. The summed E-state index contributed by atoms with van der Waals surface area (Å²) < 4.78 is 7.25. The Labute approximate surface area is 112 Å². The fourth-order valence-electron chi connectivity index (χ4n) is 2.36. The van der Waals surface area contributed by atoms with Crippen LogP contribution in [0.25, 0.3) is 10.9 Å². The van der Waals surface area contributed by atoms with Crippen LogP contribution in [0.3, 0.4) is 0 Å². The van der Waals surface area contributed by atoms with Gasteiger partial charge in [0.05, 0.1) is 12.1 Å². The van der Waals surface area contributed by atoms with E-state index >= 15 is 0 Å². The summed E-state index contributed by atoms with van der Waals surface area (Å²) in [5, 5.41) is 10.3. The number of fused-ring (bicyclic) bond motifs is 1. The number of aliphatic carboxylic acids is 1. The van der Waals surface area contributed by atoms with Crippen LogP contribution in [0.5, 0.6) is 0 Å². The van der Waals surface area contributed by atoms with E-state index in [4.69, 9.17) is 9.84 Å². The number of hydrogen-bond donors (Lipinski definition) is 1. The molecule has 0 aliphatic rings. The first-order valence-electron chi connectivity index (χ1n) is 6.58. The number of ether oxygens (including phenoxy) is 1. The highest BCUT2D eigenvalue weighted by Crippen LogP contribution is 2.21. The van der Waals surface area contributed by atoms with Gasteiger partial charge in [0.2, 0.25) is 0 Å². The Balaban J connectivity index is 2.37. The molecule has 2 aromatic rings. The molecule has 1 atom stereocenters. The molecule has 0 radical (unpaired) electrons. The molecule has 1 aromatic heterocycles. The van der Waals surface area contributed by atoms with E-state index < -0.39 is 12.1 Å². The predicted molar refractivity (Wildman–Crippen MR) is 74.4 cm³/mol. The molecule has 0 saturated carbocycles. The lowest BCUT2D eigenvalue weighted by Gasteiger charge is -2.15. The van der Waals surface area contributed by atoms with Crippen LogP contribution in [-0.2, 0) is 22.5 Å². The van der Waals surface area contributed by atoms with Crippen molar-refractivity contribution in [1.29, 1.82) is 0 Å². The van der Waals surface area contributed by atoms with E-state index in [-0.39, 0.29) is 0 Å². The van der Waals surface area contributed by atoms with Crippen LogP contribution in [0.15, 0.2) is 30.5 Å². The summed E-state index contributed by atoms with van der Waals surface area (Å²) >= 11 is 0. The third-order valence-corrected chi connectivity index (χ3v) is 3.26. The molecule has 0 saturated heterocycles. The van der Waals surface area contributed by atoms with Crippen molar-refractivity contribution in [3.63, 3.8) is 0 Å². The fraction of sp³-hybridized carbons (Fsp3) is 0.400. The van der Waals surface area contributed by atoms with Gasteiger partial charge in [-0.25, -0.2) is 4.79 Å². The summed E-state index contributed by atoms with van der Waals surface area (Å²) in [7, 11) is 0. The van der Waals surface area contributed by atoms with Gasteiger partial charge >= 0.3 is 5.97 Å². The van der Waals surface area contributed by atoms with Crippen LogP contribution < -0.4 is 0 Å². The third kappa shape index (κ3) is 2.79. The number of carbonyl (C=O) groups is 1. The van der Waals surface area contributed by atoms with Gasteiger partial charge in [0.15, 0.2) is 6.10 Å². The maximum atomic E-state index is 11.2. The van der Waals surface area contributed by atoms with Crippen LogP contribution >= 0.6 is 0 Å². The first kappa shape index (κ1) is 13.6. The Morgan fingerprint density at radius 3 is 2.79 bits per heavy atom. The Hall–Kier alpha value is -1.81. The van der Waals surface area contributed by atoms with E-state index in [1.807, 2.05) is 29.0 Å². The van der Waals surface area contributed by atoms with Crippen molar-refractivity contribution in [2.75, 3.05) is 6.61 Å². The van der Waals surface area contributed by atoms with E-state index in [1.54, 1.807) is 6.92 Å². The van der Waals surface area contributed by atoms with Gasteiger partial charge in [0, 0.05) is 12.8 Å².